The standard InChI is InChI=1S/C28H36N4O5S/c1-18(2)15-22(30-26(34)19-8-10-20(11-9-19)28(3,4)5)27(35)31-14-12-23-25(31)24(33)17-32(23)38(36,37)21-7-6-13-29-16-21/h6-11,13,16,18,22-23,25H,12,14-15,17H2,1-5H3,(H,30,34). The normalized spacial score (nSPS) is 21.0. The summed E-state index contributed by atoms with van der Waals surface area (Å²) in [6, 6.07) is 7.95. The van der Waals surface area contributed by atoms with E-state index in [1.54, 1.807) is 12.1 Å². The molecule has 10 heteroatoms. The number of fused-ring (bicyclic) bond motifs is 1. The summed E-state index contributed by atoms with van der Waals surface area (Å²) >= 11 is 0. The van der Waals surface area contributed by atoms with Gasteiger partial charge in [0.15, 0.2) is 5.78 Å². The zero-order chi connectivity index (χ0) is 27.8. The molecule has 2 aliphatic heterocycles. The molecule has 1 aromatic carbocycles. The van der Waals surface area contributed by atoms with Crippen LogP contribution in [0.3, 0.4) is 0 Å². The third-order valence-electron chi connectivity index (χ3n) is 7.23. The van der Waals surface area contributed by atoms with E-state index < -0.39 is 28.1 Å². The van der Waals surface area contributed by atoms with Crippen molar-refractivity contribution in [3.8, 4) is 0 Å². The Bertz CT molecular complexity index is 1300. The maximum Gasteiger partial charge on any atom is 0.251 e. The number of aromatic nitrogens is 1. The average molecular weight is 541 g/mol. The van der Waals surface area contributed by atoms with Crippen LogP contribution in [0.4, 0.5) is 0 Å². The quantitative estimate of drug-likeness (QED) is 0.577. The maximum absolute atomic E-state index is 13.7. The number of benzene rings is 1. The molecule has 2 fully saturated rings. The van der Waals surface area contributed by atoms with E-state index in [4.69, 9.17) is 0 Å². The zero-order valence-electron chi connectivity index (χ0n) is 22.5. The number of carbonyl (C=O) groups excluding carboxylic acids is 3. The third kappa shape index (κ3) is 5.51. The van der Waals surface area contributed by atoms with Gasteiger partial charge in [-0.15, -0.1) is 0 Å². The molecule has 204 valence electrons. The van der Waals surface area contributed by atoms with E-state index in [0.29, 0.717) is 18.4 Å². The minimum Gasteiger partial charge on any atom is -0.340 e. The number of hydrogen-bond acceptors (Lipinski definition) is 6. The number of rotatable bonds is 7. The highest BCUT2D eigenvalue weighted by Gasteiger charge is 2.54. The van der Waals surface area contributed by atoms with Crippen LogP contribution in [-0.2, 0) is 25.0 Å². The molecule has 4 rings (SSSR count). The van der Waals surface area contributed by atoms with Gasteiger partial charge in [-0.2, -0.15) is 4.31 Å². The fourth-order valence-electron chi connectivity index (χ4n) is 5.23. The summed E-state index contributed by atoms with van der Waals surface area (Å²) in [5.74, 6) is -0.938. The SMILES string of the molecule is CC(C)CC(NC(=O)c1ccc(C(C)(C)C)cc1)C(=O)N1CCC2C1C(=O)CN2S(=O)(=O)c1cccnc1. The second-order valence-electron chi connectivity index (χ2n) is 11.5. The topological polar surface area (TPSA) is 117 Å². The van der Waals surface area contributed by atoms with Gasteiger partial charge in [0.05, 0.1) is 12.6 Å². The molecule has 0 radical (unpaired) electrons. The first-order valence-electron chi connectivity index (χ1n) is 13.0. The smallest absolute Gasteiger partial charge is 0.251 e. The largest absolute Gasteiger partial charge is 0.340 e. The van der Waals surface area contributed by atoms with E-state index in [9.17, 15) is 22.8 Å². The van der Waals surface area contributed by atoms with Crippen molar-refractivity contribution < 1.29 is 22.8 Å². The van der Waals surface area contributed by atoms with E-state index in [0.717, 1.165) is 5.56 Å². The first-order chi connectivity index (χ1) is 17.8. The fraction of sp³-hybridized carbons (Fsp3) is 0.500. The van der Waals surface area contributed by atoms with Crippen LogP contribution in [0, 0.1) is 5.92 Å². The van der Waals surface area contributed by atoms with E-state index in [2.05, 4.69) is 31.1 Å². The van der Waals surface area contributed by atoms with Crippen molar-refractivity contribution in [1.29, 1.82) is 0 Å². The third-order valence-corrected chi connectivity index (χ3v) is 9.08. The van der Waals surface area contributed by atoms with Gasteiger partial charge in [-0.1, -0.05) is 46.8 Å². The van der Waals surface area contributed by atoms with Crippen molar-refractivity contribution in [2.45, 2.75) is 75.9 Å². The fourth-order valence-corrected chi connectivity index (χ4v) is 6.82. The number of amides is 2. The number of nitrogens with one attached hydrogen (secondary N) is 1. The second-order valence-corrected chi connectivity index (χ2v) is 13.4. The summed E-state index contributed by atoms with van der Waals surface area (Å²) in [6.45, 7) is 10.1. The Morgan fingerprint density at radius 3 is 2.39 bits per heavy atom. The second kappa shape index (κ2) is 10.6. The molecule has 2 amide bonds. The van der Waals surface area contributed by atoms with Crippen molar-refractivity contribution in [2.24, 2.45) is 5.92 Å². The van der Waals surface area contributed by atoms with Gasteiger partial charge in [0.25, 0.3) is 5.91 Å². The maximum atomic E-state index is 13.7. The number of carbonyl (C=O) groups is 3. The molecule has 3 heterocycles. The molecule has 1 aromatic heterocycles. The van der Waals surface area contributed by atoms with Crippen LogP contribution < -0.4 is 5.32 Å². The molecule has 2 aromatic rings. The van der Waals surface area contributed by atoms with Gasteiger partial charge >= 0.3 is 0 Å². The number of nitrogens with zero attached hydrogens (tertiary/aromatic N) is 3. The zero-order valence-corrected chi connectivity index (χ0v) is 23.4. The summed E-state index contributed by atoms with van der Waals surface area (Å²) in [4.78, 5) is 45.3. The predicted octanol–water partition coefficient (Wildman–Crippen LogP) is 2.77. The van der Waals surface area contributed by atoms with E-state index in [1.165, 1.54) is 33.7 Å². The van der Waals surface area contributed by atoms with Crippen molar-refractivity contribution >= 4 is 27.6 Å². The van der Waals surface area contributed by atoms with Gasteiger partial charge < -0.3 is 10.2 Å². The van der Waals surface area contributed by atoms with Crippen LogP contribution in [0.1, 0.15) is 63.4 Å². The lowest BCUT2D eigenvalue weighted by Crippen LogP contribution is -2.53. The van der Waals surface area contributed by atoms with Crippen molar-refractivity contribution in [2.75, 3.05) is 13.1 Å². The molecule has 2 aliphatic rings. The van der Waals surface area contributed by atoms with E-state index in [1.807, 2.05) is 26.0 Å². The van der Waals surface area contributed by atoms with Crippen molar-refractivity contribution in [3.63, 3.8) is 0 Å². The molecule has 3 atom stereocenters. The Morgan fingerprint density at radius 1 is 1.13 bits per heavy atom. The van der Waals surface area contributed by atoms with Gasteiger partial charge in [-0.05, 0) is 54.0 Å². The minimum atomic E-state index is -3.94. The highest BCUT2D eigenvalue weighted by Crippen LogP contribution is 2.34. The lowest BCUT2D eigenvalue weighted by Gasteiger charge is -2.29. The van der Waals surface area contributed by atoms with Crippen LogP contribution in [0.25, 0.3) is 0 Å². The molecule has 0 aliphatic carbocycles. The highest BCUT2D eigenvalue weighted by molar-refractivity contribution is 7.89. The molecule has 0 saturated carbocycles. The molecular weight excluding hydrogens is 504 g/mol. The number of hydrogen-bond donors (Lipinski definition) is 1. The number of Topliss-reactive ketones (excluding diaryl/α,β-unsaturated/α-hetero) is 1. The lowest BCUT2D eigenvalue weighted by molar-refractivity contribution is -0.138. The summed E-state index contributed by atoms with van der Waals surface area (Å²) < 4.78 is 27.7. The molecule has 9 nitrogen and oxygen atoms in total. The van der Waals surface area contributed by atoms with Crippen LogP contribution >= 0.6 is 0 Å². The van der Waals surface area contributed by atoms with Gasteiger partial charge in [0.1, 0.15) is 17.0 Å². The molecular formula is C28H36N4O5S. The Morgan fingerprint density at radius 2 is 1.82 bits per heavy atom. The van der Waals surface area contributed by atoms with Crippen molar-refractivity contribution in [1.82, 2.24) is 19.5 Å². The Labute approximate surface area is 224 Å². The highest BCUT2D eigenvalue weighted by atomic mass is 32.2. The van der Waals surface area contributed by atoms with Crippen LogP contribution in [0.15, 0.2) is 53.7 Å². The molecule has 3 unspecified atom stereocenters. The number of ketones is 1. The van der Waals surface area contributed by atoms with Crippen LogP contribution in [0.2, 0.25) is 0 Å². The molecule has 0 bridgehead atoms. The molecule has 1 N–H and O–H groups in total. The summed E-state index contributed by atoms with van der Waals surface area (Å²) in [5.41, 5.74) is 1.49. The van der Waals surface area contributed by atoms with Gasteiger partial charge in [-0.25, -0.2) is 8.42 Å². The van der Waals surface area contributed by atoms with Gasteiger partial charge in [-0.3, -0.25) is 19.4 Å². The van der Waals surface area contributed by atoms with E-state index in [-0.39, 0.29) is 46.9 Å². The monoisotopic (exact) mass is 540 g/mol. The summed E-state index contributed by atoms with van der Waals surface area (Å²) in [7, 11) is -3.94. The Balaban J connectivity index is 1.53. The summed E-state index contributed by atoms with van der Waals surface area (Å²) in [6.07, 6.45) is 3.48. The average Bonchev–Trinajstić information content (AvgIpc) is 3.44. The predicted molar refractivity (Wildman–Crippen MR) is 143 cm³/mol. The first kappa shape index (κ1) is 27.9. The molecule has 38 heavy (non-hydrogen) atoms. The molecule has 2 saturated heterocycles. The Kier molecular flexibility index (Phi) is 7.76. The van der Waals surface area contributed by atoms with Crippen molar-refractivity contribution in [3.05, 3.63) is 59.9 Å². The lowest BCUT2D eigenvalue weighted by atomic mass is 9.86. The van der Waals surface area contributed by atoms with Crippen LogP contribution in [-0.4, -0.2) is 71.4 Å². The molecule has 0 spiro atoms. The summed E-state index contributed by atoms with van der Waals surface area (Å²) in [5, 5.41) is 2.88. The van der Waals surface area contributed by atoms with Gasteiger partial charge in [0, 0.05) is 24.5 Å². The van der Waals surface area contributed by atoms with E-state index >= 15 is 0 Å². The Hall–Kier alpha value is -3.11. The van der Waals surface area contributed by atoms with Crippen LogP contribution in [0.5, 0.6) is 0 Å². The first-order valence-corrected chi connectivity index (χ1v) is 14.4. The number of pyridine rings is 1. The minimum absolute atomic E-state index is 0.0145. The van der Waals surface area contributed by atoms with Gasteiger partial charge in [0.2, 0.25) is 15.9 Å². The number of sulfonamides is 1. The number of likely N-dealkylation sites (tertiary alicyclic amines) is 1.